The van der Waals surface area contributed by atoms with Gasteiger partial charge in [-0.25, -0.2) is 0 Å². The van der Waals surface area contributed by atoms with Crippen molar-refractivity contribution in [3.63, 3.8) is 0 Å². The molecule has 3 nitrogen and oxygen atoms in total. The lowest BCUT2D eigenvalue weighted by Gasteiger charge is -2.28. The molecule has 0 N–H and O–H groups in total. The number of ketones is 1. The maximum Gasteiger partial charge on any atom is 0.185 e. The minimum atomic E-state index is 0.0368. The number of hydrogen-bond acceptors (Lipinski definition) is 4. The van der Waals surface area contributed by atoms with E-state index in [2.05, 4.69) is 4.90 Å². The zero-order valence-corrected chi connectivity index (χ0v) is 12.5. The Morgan fingerprint density at radius 1 is 1.14 bits per heavy atom. The van der Waals surface area contributed by atoms with Crippen molar-refractivity contribution < 1.29 is 9.53 Å². The van der Waals surface area contributed by atoms with Gasteiger partial charge in [0.05, 0.1) is 13.2 Å². The van der Waals surface area contributed by atoms with Crippen LogP contribution in [0.3, 0.4) is 0 Å². The van der Waals surface area contributed by atoms with Gasteiger partial charge in [0.15, 0.2) is 5.78 Å². The number of hydrogen-bond donors (Lipinski definition) is 0. The number of rotatable bonds is 4. The molecule has 3 rings (SSSR count). The SMILES string of the molecule is O=C(C=Cc1ccsc1)c1ccc(N2CCOCC2)cc1. The molecule has 0 radical (unpaired) electrons. The Bertz CT molecular complexity index is 611. The molecule has 0 unspecified atom stereocenters. The molecule has 1 aliphatic heterocycles. The number of morpholine rings is 1. The molecule has 1 aromatic carbocycles. The van der Waals surface area contributed by atoms with Gasteiger partial charge in [-0.3, -0.25) is 4.79 Å². The first-order chi connectivity index (χ1) is 10.3. The lowest BCUT2D eigenvalue weighted by Crippen LogP contribution is -2.36. The molecule has 1 aliphatic rings. The maximum absolute atomic E-state index is 12.1. The topological polar surface area (TPSA) is 29.5 Å². The Morgan fingerprint density at radius 2 is 1.90 bits per heavy atom. The molecule has 0 atom stereocenters. The first-order valence-electron chi connectivity index (χ1n) is 7.00. The van der Waals surface area contributed by atoms with E-state index in [0.717, 1.165) is 43.1 Å². The van der Waals surface area contributed by atoms with Gasteiger partial charge < -0.3 is 9.64 Å². The number of carbonyl (C=O) groups excluding carboxylic acids is 1. The first kappa shape index (κ1) is 14.0. The molecular weight excluding hydrogens is 282 g/mol. The quantitative estimate of drug-likeness (QED) is 0.639. The summed E-state index contributed by atoms with van der Waals surface area (Å²) in [5, 5.41) is 4.02. The van der Waals surface area contributed by atoms with Crippen LogP contribution in [-0.2, 0) is 4.74 Å². The number of ether oxygens (including phenoxy) is 1. The van der Waals surface area contributed by atoms with Crippen molar-refractivity contribution in [2.75, 3.05) is 31.2 Å². The average molecular weight is 299 g/mol. The lowest BCUT2D eigenvalue weighted by molar-refractivity contribution is 0.104. The molecule has 4 heteroatoms. The van der Waals surface area contributed by atoms with E-state index < -0.39 is 0 Å². The van der Waals surface area contributed by atoms with E-state index in [0.29, 0.717) is 0 Å². The first-order valence-corrected chi connectivity index (χ1v) is 7.94. The van der Waals surface area contributed by atoms with E-state index in [1.807, 2.05) is 47.2 Å². The second-order valence-corrected chi connectivity index (χ2v) is 5.68. The second-order valence-electron chi connectivity index (χ2n) is 4.90. The predicted octanol–water partition coefficient (Wildman–Crippen LogP) is 3.48. The van der Waals surface area contributed by atoms with Crippen molar-refractivity contribution in [2.45, 2.75) is 0 Å². The molecule has 1 fully saturated rings. The fourth-order valence-corrected chi connectivity index (χ4v) is 2.92. The number of benzene rings is 1. The van der Waals surface area contributed by atoms with Crippen molar-refractivity contribution in [3.05, 3.63) is 58.3 Å². The highest BCUT2D eigenvalue weighted by Gasteiger charge is 2.11. The maximum atomic E-state index is 12.1. The van der Waals surface area contributed by atoms with Crippen molar-refractivity contribution in [1.82, 2.24) is 0 Å². The number of thiophene rings is 1. The molecule has 0 spiro atoms. The van der Waals surface area contributed by atoms with Gasteiger partial charge in [-0.1, -0.05) is 6.08 Å². The fourth-order valence-electron chi connectivity index (χ4n) is 2.30. The molecule has 108 valence electrons. The van der Waals surface area contributed by atoms with Crippen LogP contribution in [0.15, 0.2) is 47.2 Å². The van der Waals surface area contributed by atoms with Crippen LogP contribution in [0.25, 0.3) is 6.08 Å². The largest absolute Gasteiger partial charge is 0.378 e. The second kappa shape index (κ2) is 6.70. The third-order valence-corrected chi connectivity index (χ3v) is 4.20. The van der Waals surface area contributed by atoms with Gasteiger partial charge >= 0.3 is 0 Å². The molecule has 0 saturated carbocycles. The van der Waals surface area contributed by atoms with Gasteiger partial charge in [0.25, 0.3) is 0 Å². The molecule has 1 aromatic heterocycles. The predicted molar refractivity (Wildman–Crippen MR) is 87.2 cm³/mol. The standard InChI is InChI=1S/C17H17NO2S/c19-17(6-1-14-7-12-21-13-14)15-2-4-16(5-3-15)18-8-10-20-11-9-18/h1-7,12-13H,8-11H2. The Labute approximate surface area is 128 Å². The van der Waals surface area contributed by atoms with Crippen LogP contribution < -0.4 is 4.90 Å². The third kappa shape index (κ3) is 3.60. The number of carbonyl (C=O) groups is 1. The highest BCUT2D eigenvalue weighted by molar-refractivity contribution is 7.08. The normalized spacial score (nSPS) is 15.5. The van der Waals surface area contributed by atoms with E-state index >= 15 is 0 Å². The summed E-state index contributed by atoms with van der Waals surface area (Å²) in [7, 11) is 0. The minimum Gasteiger partial charge on any atom is -0.378 e. The molecular formula is C17H17NO2S. The van der Waals surface area contributed by atoms with Crippen LogP contribution in [0.5, 0.6) is 0 Å². The lowest BCUT2D eigenvalue weighted by atomic mass is 10.1. The van der Waals surface area contributed by atoms with Gasteiger partial charge in [0.1, 0.15) is 0 Å². The van der Waals surface area contributed by atoms with Gasteiger partial charge in [0, 0.05) is 24.3 Å². The van der Waals surface area contributed by atoms with Crippen LogP contribution in [0.1, 0.15) is 15.9 Å². The minimum absolute atomic E-state index is 0.0368. The van der Waals surface area contributed by atoms with Gasteiger partial charge in [-0.05, 0) is 52.7 Å². The van der Waals surface area contributed by atoms with Crippen molar-refractivity contribution in [3.8, 4) is 0 Å². The highest BCUT2D eigenvalue weighted by Crippen LogP contribution is 2.17. The van der Waals surface area contributed by atoms with Crippen molar-refractivity contribution in [1.29, 1.82) is 0 Å². The van der Waals surface area contributed by atoms with Gasteiger partial charge in [-0.15, -0.1) is 0 Å². The molecule has 0 bridgehead atoms. The van der Waals surface area contributed by atoms with E-state index in [4.69, 9.17) is 4.74 Å². The zero-order chi connectivity index (χ0) is 14.5. The summed E-state index contributed by atoms with van der Waals surface area (Å²) in [6.45, 7) is 3.35. The van der Waals surface area contributed by atoms with Crippen LogP contribution in [0, 0.1) is 0 Å². The van der Waals surface area contributed by atoms with Gasteiger partial charge in [-0.2, -0.15) is 11.3 Å². The zero-order valence-electron chi connectivity index (χ0n) is 11.7. The summed E-state index contributed by atoms with van der Waals surface area (Å²) in [5.41, 5.74) is 2.94. The Hall–Kier alpha value is -1.91. The Morgan fingerprint density at radius 3 is 2.57 bits per heavy atom. The molecule has 0 aliphatic carbocycles. The Kier molecular flexibility index (Phi) is 4.48. The van der Waals surface area contributed by atoms with Crippen LogP contribution >= 0.6 is 11.3 Å². The van der Waals surface area contributed by atoms with Gasteiger partial charge in [0.2, 0.25) is 0 Å². The summed E-state index contributed by atoms with van der Waals surface area (Å²) in [4.78, 5) is 14.4. The summed E-state index contributed by atoms with van der Waals surface area (Å²) in [6, 6.07) is 9.81. The third-order valence-electron chi connectivity index (χ3n) is 3.50. The number of anilines is 1. The molecule has 2 aromatic rings. The molecule has 21 heavy (non-hydrogen) atoms. The fraction of sp³-hybridized carbons (Fsp3) is 0.235. The van der Waals surface area contributed by atoms with E-state index in [1.165, 1.54) is 0 Å². The molecule has 2 heterocycles. The van der Waals surface area contributed by atoms with Crippen molar-refractivity contribution >= 4 is 28.9 Å². The summed E-state index contributed by atoms with van der Waals surface area (Å²) in [5.74, 6) is 0.0368. The number of nitrogens with zero attached hydrogens (tertiary/aromatic N) is 1. The Balaban J connectivity index is 1.67. The van der Waals surface area contributed by atoms with Crippen molar-refractivity contribution in [2.24, 2.45) is 0 Å². The summed E-state index contributed by atoms with van der Waals surface area (Å²) in [6.07, 6.45) is 3.49. The molecule has 0 amide bonds. The van der Waals surface area contributed by atoms with E-state index in [1.54, 1.807) is 17.4 Å². The monoisotopic (exact) mass is 299 g/mol. The average Bonchev–Trinajstić information content (AvgIpc) is 3.07. The summed E-state index contributed by atoms with van der Waals surface area (Å²) < 4.78 is 5.35. The summed E-state index contributed by atoms with van der Waals surface area (Å²) >= 11 is 1.63. The smallest absolute Gasteiger partial charge is 0.185 e. The molecule has 1 saturated heterocycles. The highest BCUT2D eigenvalue weighted by atomic mass is 32.1. The van der Waals surface area contributed by atoms with E-state index in [-0.39, 0.29) is 5.78 Å². The van der Waals surface area contributed by atoms with Crippen LogP contribution in [0.4, 0.5) is 5.69 Å². The van der Waals surface area contributed by atoms with Crippen LogP contribution in [0.2, 0.25) is 0 Å². The van der Waals surface area contributed by atoms with E-state index in [9.17, 15) is 4.79 Å². The van der Waals surface area contributed by atoms with Crippen LogP contribution in [-0.4, -0.2) is 32.1 Å². The number of allylic oxidation sites excluding steroid dienone is 1.